The van der Waals surface area contributed by atoms with Gasteiger partial charge >= 0.3 is 6.18 Å². The molecule has 0 aliphatic rings. The van der Waals surface area contributed by atoms with Gasteiger partial charge in [0.15, 0.2) is 5.43 Å². The molecule has 1 aromatic heterocycles. The first-order valence-electron chi connectivity index (χ1n) is 3.57. The quantitative estimate of drug-likeness (QED) is 0.611. The second-order valence-electron chi connectivity index (χ2n) is 2.77. The lowest BCUT2D eigenvalue weighted by Gasteiger charge is -2.13. The molecule has 0 aliphatic heterocycles. The van der Waals surface area contributed by atoms with Crippen molar-refractivity contribution in [3.63, 3.8) is 0 Å². The summed E-state index contributed by atoms with van der Waals surface area (Å²) in [4.78, 5) is 10.8. The highest BCUT2D eigenvalue weighted by Crippen LogP contribution is 2.27. The van der Waals surface area contributed by atoms with Gasteiger partial charge in [0.05, 0.1) is 0 Å². The Morgan fingerprint density at radius 3 is 2.31 bits per heavy atom. The summed E-state index contributed by atoms with van der Waals surface area (Å²) in [7, 11) is 1.28. The van der Waals surface area contributed by atoms with E-state index in [1.54, 1.807) is 0 Å². The van der Waals surface area contributed by atoms with Crippen LogP contribution in [0.25, 0.3) is 0 Å². The second-order valence-corrected chi connectivity index (χ2v) is 2.77. The molecular formula is C8H8F3NO. The van der Waals surface area contributed by atoms with E-state index in [0.29, 0.717) is 11.8 Å². The third-order valence-electron chi connectivity index (χ3n) is 1.81. The number of rotatable bonds is 0. The normalized spacial score (nSPS) is 11.8. The molecule has 2 nitrogen and oxygen atoms in total. The van der Waals surface area contributed by atoms with Crippen molar-refractivity contribution in [1.82, 2.24) is 4.57 Å². The Kier molecular flexibility index (Phi) is 2.19. The Balaban J connectivity index is 3.46. The van der Waals surface area contributed by atoms with Crippen LogP contribution in [0.1, 0.15) is 11.4 Å². The molecule has 1 aromatic rings. The monoisotopic (exact) mass is 191 g/mol. The highest BCUT2D eigenvalue weighted by atomic mass is 19.4. The lowest BCUT2D eigenvalue weighted by Crippen LogP contribution is -2.19. The summed E-state index contributed by atoms with van der Waals surface area (Å²) >= 11 is 0. The molecule has 0 fully saturated rings. The third-order valence-corrected chi connectivity index (χ3v) is 1.81. The van der Waals surface area contributed by atoms with Crippen molar-refractivity contribution in [2.75, 3.05) is 0 Å². The summed E-state index contributed by atoms with van der Waals surface area (Å²) in [6.07, 6.45) is -4.47. The maximum atomic E-state index is 12.2. The summed E-state index contributed by atoms with van der Waals surface area (Å²) in [6.45, 7) is 1.46. The highest BCUT2D eigenvalue weighted by Gasteiger charge is 2.33. The van der Waals surface area contributed by atoms with Crippen molar-refractivity contribution >= 4 is 0 Å². The van der Waals surface area contributed by atoms with Gasteiger partial charge in [0.1, 0.15) is 5.69 Å². The van der Waals surface area contributed by atoms with Crippen LogP contribution in [0, 0.1) is 6.92 Å². The zero-order valence-corrected chi connectivity index (χ0v) is 7.14. The fourth-order valence-electron chi connectivity index (χ4n) is 1.04. The van der Waals surface area contributed by atoms with Gasteiger partial charge in [-0.15, -0.1) is 0 Å². The van der Waals surface area contributed by atoms with Gasteiger partial charge in [0, 0.05) is 24.9 Å². The lowest BCUT2D eigenvalue weighted by molar-refractivity contribution is -0.143. The van der Waals surface area contributed by atoms with Crippen LogP contribution < -0.4 is 5.43 Å². The molecule has 0 N–H and O–H groups in total. The molecule has 0 saturated carbocycles. The van der Waals surface area contributed by atoms with Gasteiger partial charge in [-0.1, -0.05) is 0 Å². The highest BCUT2D eigenvalue weighted by molar-refractivity contribution is 5.15. The molecule has 0 aliphatic carbocycles. The Bertz CT molecular complexity index is 378. The lowest BCUT2D eigenvalue weighted by atomic mass is 10.3. The average Bonchev–Trinajstić information content (AvgIpc) is 1.94. The van der Waals surface area contributed by atoms with E-state index in [4.69, 9.17) is 0 Å². The van der Waals surface area contributed by atoms with Crippen molar-refractivity contribution in [2.24, 2.45) is 7.05 Å². The first-order chi connectivity index (χ1) is 5.82. The first-order valence-corrected chi connectivity index (χ1v) is 3.57. The molecule has 1 heterocycles. The average molecular weight is 191 g/mol. The number of halogens is 3. The molecule has 0 unspecified atom stereocenters. The first kappa shape index (κ1) is 9.83. The van der Waals surface area contributed by atoms with Crippen LogP contribution in [-0.2, 0) is 13.2 Å². The minimum atomic E-state index is -4.47. The summed E-state index contributed by atoms with van der Waals surface area (Å²) < 4.78 is 37.7. The minimum Gasteiger partial charge on any atom is -0.344 e. The Hall–Kier alpha value is -1.26. The van der Waals surface area contributed by atoms with Gasteiger partial charge in [0.2, 0.25) is 0 Å². The number of alkyl halides is 3. The molecule has 0 atom stereocenters. The van der Waals surface area contributed by atoms with Gasteiger partial charge in [-0.3, -0.25) is 4.79 Å². The standard InChI is InChI=1S/C8H8F3NO/c1-5-3-6(13)4-7(12(5)2)8(9,10)11/h3-4H,1-2H3. The molecular weight excluding hydrogens is 183 g/mol. The van der Waals surface area contributed by atoms with Gasteiger partial charge in [-0.2, -0.15) is 13.2 Å². The Morgan fingerprint density at radius 1 is 1.31 bits per heavy atom. The summed E-state index contributed by atoms with van der Waals surface area (Å²) in [5, 5.41) is 0. The number of hydrogen-bond acceptors (Lipinski definition) is 1. The molecule has 0 radical (unpaired) electrons. The van der Waals surface area contributed by atoms with E-state index in [1.807, 2.05) is 0 Å². The zero-order valence-electron chi connectivity index (χ0n) is 7.14. The van der Waals surface area contributed by atoms with E-state index in [2.05, 4.69) is 0 Å². The van der Waals surface area contributed by atoms with Crippen molar-refractivity contribution < 1.29 is 13.2 Å². The second kappa shape index (κ2) is 2.90. The van der Waals surface area contributed by atoms with Crippen LogP contribution in [0.15, 0.2) is 16.9 Å². The fourth-order valence-corrected chi connectivity index (χ4v) is 1.04. The Morgan fingerprint density at radius 2 is 1.85 bits per heavy atom. The number of aromatic nitrogens is 1. The van der Waals surface area contributed by atoms with Gasteiger partial charge in [-0.05, 0) is 6.92 Å². The van der Waals surface area contributed by atoms with Crippen molar-refractivity contribution in [3.8, 4) is 0 Å². The van der Waals surface area contributed by atoms with E-state index in [-0.39, 0.29) is 0 Å². The van der Waals surface area contributed by atoms with Crippen molar-refractivity contribution in [3.05, 3.63) is 33.7 Å². The predicted octanol–water partition coefficient (Wildman–Crippen LogP) is 1.71. The van der Waals surface area contributed by atoms with Crippen molar-refractivity contribution in [1.29, 1.82) is 0 Å². The molecule has 72 valence electrons. The van der Waals surface area contributed by atoms with Crippen LogP contribution in [-0.4, -0.2) is 4.57 Å². The van der Waals surface area contributed by atoms with E-state index in [1.165, 1.54) is 14.0 Å². The SMILES string of the molecule is Cc1cc(=O)cc(C(F)(F)F)n1C. The largest absolute Gasteiger partial charge is 0.431 e. The van der Waals surface area contributed by atoms with Gasteiger partial charge in [0.25, 0.3) is 0 Å². The van der Waals surface area contributed by atoms with Crippen LogP contribution >= 0.6 is 0 Å². The molecule has 5 heteroatoms. The van der Waals surface area contributed by atoms with Gasteiger partial charge < -0.3 is 4.57 Å². The summed E-state index contributed by atoms with van der Waals surface area (Å²) in [5.41, 5.74) is -1.25. The molecule has 13 heavy (non-hydrogen) atoms. The van der Waals surface area contributed by atoms with E-state index in [0.717, 1.165) is 10.6 Å². The van der Waals surface area contributed by atoms with E-state index in [9.17, 15) is 18.0 Å². The topological polar surface area (TPSA) is 22.0 Å². The third kappa shape index (κ3) is 1.91. The van der Waals surface area contributed by atoms with Crippen LogP contribution in [0.4, 0.5) is 13.2 Å². The molecule has 0 amide bonds. The number of nitrogens with zero attached hydrogens (tertiary/aromatic N) is 1. The van der Waals surface area contributed by atoms with Crippen LogP contribution in [0.3, 0.4) is 0 Å². The maximum absolute atomic E-state index is 12.2. The van der Waals surface area contributed by atoms with E-state index < -0.39 is 17.3 Å². The zero-order chi connectivity index (χ0) is 10.2. The van der Waals surface area contributed by atoms with Gasteiger partial charge in [-0.25, -0.2) is 0 Å². The smallest absolute Gasteiger partial charge is 0.344 e. The van der Waals surface area contributed by atoms with Crippen molar-refractivity contribution in [2.45, 2.75) is 13.1 Å². The number of hydrogen-bond donors (Lipinski definition) is 0. The summed E-state index contributed by atoms with van der Waals surface area (Å²) in [6, 6.07) is 1.75. The molecule has 1 rings (SSSR count). The van der Waals surface area contributed by atoms with E-state index >= 15 is 0 Å². The predicted molar refractivity (Wildman–Crippen MR) is 41.4 cm³/mol. The summed E-state index contributed by atoms with van der Waals surface area (Å²) in [5.74, 6) is 0. The van der Waals surface area contributed by atoms with Crippen LogP contribution in [0.2, 0.25) is 0 Å². The fraction of sp³-hybridized carbons (Fsp3) is 0.375. The number of aryl methyl sites for hydroxylation is 1. The minimum absolute atomic E-state index is 0.292. The maximum Gasteiger partial charge on any atom is 0.431 e. The molecule has 0 spiro atoms. The molecule has 0 saturated heterocycles. The molecule has 0 bridgehead atoms. The Labute approximate surface area is 72.6 Å². The molecule has 0 aromatic carbocycles. The number of pyridine rings is 1. The van der Waals surface area contributed by atoms with Crippen LogP contribution in [0.5, 0.6) is 0 Å².